The van der Waals surface area contributed by atoms with Crippen molar-refractivity contribution in [1.29, 1.82) is 0 Å². The first kappa shape index (κ1) is 15.5. The second kappa shape index (κ2) is 8.43. The molecule has 0 aromatic heterocycles. The van der Waals surface area contributed by atoms with Gasteiger partial charge >= 0.3 is 0 Å². The van der Waals surface area contributed by atoms with Gasteiger partial charge in [0.1, 0.15) is 0 Å². The van der Waals surface area contributed by atoms with Crippen LogP contribution in [-0.4, -0.2) is 20.3 Å². The minimum absolute atomic E-state index is 0.312. The number of aryl methyl sites for hydroxylation is 1. The van der Waals surface area contributed by atoms with Gasteiger partial charge in [-0.2, -0.15) is 0 Å². The molecule has 0 spiro atoms. The highest BCUT2D eigenvalue weighted by molar-refractivity contribution is 5.25. The summed E-state index contributed by atoms with van der Waals surface area (Å²) in [4.78, 5) is 0. The van der Waals surface area contributed by atoms with Crippen LogP contribution in [0.3, 0.4) is 0 Å². The summed E-state index contributed by atoms with van der Waals surface area (Å²) in [6.07, 6.45) is 7.87. The van der Waals surface area contributed by atoms with E-state index in [0.29, 0.717) is 6.04 Å². The molecule has 1 aliphatic rings. The number of likely N-dealkylation sites (N-methyl/N-ethyl adjacent to an activating group) is 1. The monoisotopic (exact) mass is 275 g/mol. The molecule has 1 aromatic rings. The average Bonchev–Trinajstić information content (AvgIpc) is 2.42. The summed E-state index contributed by atoms with van der Waals surface area (Å²) in [6, 6.07) is 9.28. The third-order valence-corrected chi connectivity index (χ3v) is 4.45. The molecule has 2 heteroatoms. The van der Waals surface area contributed by atoms with Gasteiger partial charge in [-0.05, 0) is 36.9 Å². The largest absolute Gasteiger partial charge is 0.379 e. The summed E-state index contributed by atoms with van der Waals surface area (Å²) in [5, 5.41) is 3.36. The zero-order valence-corrected chi connectivity index (χ0v) is 13.0. The van der Waals surface area contributed by atoms with E-state index in [2.05, 4.69) is 36.5 Å². The van der Waals surface area contributed by atoms with Gasteiger partial charge in [-0.1, -0.05) is 56.9 Å². The number of hydrogen-bond acceptors (Lipinski definition) is 2. The molecule has 0 saturated heterocycles. The van der Waals surface area contributed by atoms with Gasteiger partial charge in [0.15, 0.2) is 0 Å². The maximum Gasteiger partial charge on any atom is 0.0661 e. The minimum Gasteiger partial charge on any atom is -0.379 e. The Hall–Kier alpha value is -0.860. The van der Waals surface area contributed by atoms with Gasteiger partial charge in [0.25, 0.3) is 0 Å². The molecule has 2 rings (SSSR count). The molecule has 20 heavy (non-hydrogen) atoms. The van der Waals surface area contributed by atoms with Crippen molar-refractivity contribution in [3.63, 3.8) is 0 Å². The standard InChI is InChI=1S/C18H29NO/c1-3-5-15-8-10-17(11-9-15)18(19-2)14-20-13-12-16-6-4-7-16/h8-11,16,18-19H,3-7,12-14H2,1-2H3. The lowest BCUT2D eigenvalue weighted by atomic mass is 9.83. The second-order valence-corrected chi connectivity index (χ2v) is 5.99. The Morgan fingerprint density at radius 2 is 2.00 bits per heavy atom. The zero-order chi connectivity index (χ0) is 14.2. The third-order valence-electron chi connectivity index (χ3n) is 4.45. The van der Waals surface area contributed by atoms with Crippen molar-refractivity contribution in [2.75, 3.05) is 20.3 Å². The Morgan fingerprint density at radius 3 is 2.55 bits per heavy atom. The fourth-order valence-electron chi connectivity index (χ4n) is 2.78. The molecule has 0 bridgehead atoms. The van der Waals surface area contributed by atoms with Gasteiger partial charge in [0.2, 0.25) is 0 Å². The van der Waals surface area contributed by atoms with Gasteiger partial charge in [-0.3, -0.25) is 0 Å². The van der Waals surface area contributed by atoms with Crippen LogP contribution < -0.4 is 5.32 Å². The third kappa shape index (κ3) is 4.60. The maximum absolute atomic E-state index is 5.86. The molecule has 1 atom stereocenters. The Labute approximate surface area is 123 Å². The molecule has 0 radical (unpaired) electrons. The van der Waals surface area contributed by atoms with Crippen molar-refractivity contribution in [3.8, 4) is 0 Å². The zero-order valence-electron chi connectivity index (χ0n) is 13.0. The number of nitrogens with one attached hydrogen (secondary N) is 1. The maximum atomic E-state index is 5.86. The highest BCUT2D eigenvalue weighted by atomic mass is 16.5. The average molecular weight is 275 g/mol. The Balaban J connectivity index is 1.74. The van der Waals surface area contributed by atoms with Crippen molar-refractivity contribution in [2.24, 2.45) is 5.92 Å². The first-order valence-corrected chi connectivity index (χ1v) is 8.17. The quantitative estimate of drug-likeness (QED) is 0.685. The molecule has 1 aromatic carbocycles. The molecule has 1 saturated carbocycles. The van der Waals surface area contributed by atoms with Gasteiger partial charge in [-0.25, -0.2) is 0 Å². The lowest BCUT2D eigenvalue weighted by Crippen LogP contribution is -2.23. The summed E-state index contributed by atoms with van der Waals surface area (Å²) in [5.41, 5.74) is 2.76. The Bertz CT molecular complexity index is 370. The molecule has 1 unspecified atom stereocenters. The van der Waals surface area contributed by atoms with Gasteiger partial charge < -0.3 is 10.1 Å². The van der Waals surface area contributed by atoms with Crippen molar-refractivity contribution in [3.05, 3.63) is 35.4 Å². The van der Waals surface area contributed by atoms with Crippen LogP contribution in [0, 0.1) is 5.92 Å². The van der Waals surface area contributed by atoms with Crippen molar-refractivity contribution >= 4 is 0 Å². The highest BCUT2D eigenvalue weighted by Crippen LogP contribution is 2.29. The molecule has 1 fully saturated rings. The van der Waals surface area contributed by atoms with E-state index in [1.54, 1.807) is 0 Å². The molecule has 0 heterocycles. The first-order valence-electron chi connectivity index (χ1n) is 8.17. The Kier molecular flexibility index (Phi) is 6.55. The van der Waals surface area contributed by atoms with Crippen molar-refractivity contribution in [1.82, 2.24) is 5.32 Å². The van der Waals surface area contributed by atoms with Crippen LogP contribution in [0.25, 0.3) is 0 Å². The van der Waals surface area contributed by atoms with Gasteiger partial charge in [-0.15, -0.1) is 0 Å². The van der Waals surface area contributed by atoms with E-state index in [0.717, 1.165) is 19.1 Å². The van der Waals surface area contributed by atoms with E-state index >= 15 is 0 Å². The summed E-state index contributed by atoms with van der Waals surface area (Å²) >= 11 is 0. The minimum atomic E-state index is 0.312. The summed E-state index contributed by atoms with van der Waals surface area (Å²) < 4.78 is 5.86. The summed E-state index contributed by atoms with van der Waals surface area (Å²) in [6.45, 7) is 3.91. The fraction of sp³-hybridized carbons (Fsp3) is 0.667. The van der Waals surface area contributed by atoms with Gasteiger partial charge in [0.05, 0.1) is 12.6 Å². The van der Waals surface area contributed by atoms with E-state index in [1.807, 2.05) is 7.05 Å². The van der Waals surface area contributed by atoms with E-state index in [-0.39, 0.29) is 0 Å². The van der Waals surface area contributed by atoms with Crippen LogP contribution in [0.4, 0.5) is 0 Å². The number of hydrogen-bond donors (Lipinski definition) is 1. The van der Waals surface area contributed by atoms with Crippen molar-refractivity contribution in [2.45, 2.75) is 51.5 Å². The van der Waals surface area contributed by atoms with Crippen LogP contribution in [0.2, 0.25) is 0 Å². The normalized spacial score (nSPS) is 16.9. The molecule has 0 amide bonds. The SMILES string of the molecule is CCCc1ccc(C(COCCC2CCC2)NC)cc1. The fourth-order valence-corrected chi connectivity index (χ4v) is 2.78. The summed E-state index contributed by atoms with van der Waals surface area (Å²) in [5.74, 6) is 0.941. The Morgan fingerprint density at radius 1 is 1.25 bits per heavy atom. The smallest absolute Gasteiger partial charge is 0.0661 e. The van der Waals surface area contributed by atoms with E-state index < -0.39 is 0 Å². The van der Waals surface area contributed by atoms with Crippen LogP contribution in [0.1, 0.15) is 56.2 Å². The molecule has 1 N–H and O–H groups in total. The van der Waals surface area contributed by atoms with E-state index in [1.165, 1.54) is 49.7 Å². The predicted octanol–water partition coefficient (Wildman–Crippen LogP) is 4.11. The molecule has 0 aliphatic heterocycles. The molecule has 112 valence electrons. The van der Waals surface area contributed by atoms with E-state index in [9.17, 15) is 0 Å². The lowest BCUT2D eigenvalue weighted by molar-refractivity contribution is 0.0904. The topological polar surface area (TPSA) is 21.3 Å². The number of benzene rings is 1. The number of ether oxygens (including phenoxy) is 1. The van der Waals surface area contributed by atoms with Crippen LogP contribution in [0.5, 0.6) is 0 Å². The lowest BCUT2D eigenvalue weighted by Gasteiger charge is -2.25. The first-order chi connectivity index (χ1) is 9.83. The molecule has 2 nitrogen and oxygen atoms in total. The predicted molar refractivity (Wildman–Crippen MR) is 85.0 cm³/mol. The molecular formula is C18H29NO. The van der Waals surface area contributed by atoms with Crippen LogP contribution in [-0.2, 0) is 11.2 Å². The van der Waals surface area contributed by atoms with Gasteiger partial charge in [0, 0.05) is 6.61 Å². The second-order valence-electron chi connectivity index (χ2n) is 5.99. The van der Waals surface area contributed by atoms with Crippen LogP contribution >= 0.6 is 0 Å². The number of rotatable bonds is 9. The van der Waals surface area contributed by atoms with E-state index in [4.69, 9.17) is 4.74 Å². The summed E-state index contributed by atoms with van der Waals surface area (Å²) in [7, 11) is 2.01. The highest BCUT2D eigenvalue weighted by Gasteiger charge is 2.17. The molecular weight excluding hydrogens is 246 g/mol. The molecule has 1 aliphatic carbocycles. The van der Waals surface area contributed by atoms with Crippen LogP contribution in [0.15, 0.2) is 24.3 Å². The van der Waals surface area contributed by atoms with Crippen molar-refractivity contribution < 1.29 is 4.74 Å².